The molecule has 0 spiro atoms. The quantitative estimate of drug-likeness (QED) is 0.845. The highest BCUT2D eigenvalue weighted by atomic mass is 16.5. The molecule has 1 N–H and O–H groups in total. The third kappa shape index (κ3) is 1.82. The van der Waals surface area contributed by atoms with Gasteiger partial charge in [0.15, 0.2) is 0 Å². The number of hydrogen-bond donors (Lipinski definition) is 1. The van der Waals surface area contributed by atoms with Crippen LogP contribution >= 0.6 is 0 Å². The second-order valence-electron chi connectivity index (χ2n) is 5.02. The van der Waals surface area contributed by atoms with Crippen LogP contribution in [0.5, 0.6) is 5.75 Å². The van der Waals surface area contributed by atoms with Crippen molar-refractivity contribution in [2.75, 3.05) is 6.61 Å². The summed E-state index contributed by atoms with van der Waals surface area (Å²) >= 11 is 0. The van der Waals surface area contributed by atoms with Crippen LogP contribution in [0.25, 0.3) is 0 Å². The first-order valence-electron chi connectivity index (χ1n) is 6.26. The average Bonchev–Trinajstić information content (AvgIpc) is 2.58. The molecule has 2 heteroatoms. The summed E-state index contributed by atoms with van der Waals surface area (Å²) in [7, 11) is 0. The predicted octanol–water partition coefficient (Wildman–Crippen LogP) is 2.85. The zero-order chi connectivity index (χ0) is 11.0. The van der Waals surface area contributed by atoms with Gasteiger partial charge in [0.05, 0.1) is 12.7 Å². The van der Waals surface area contributed by atoms with Gasteiger partial charge in [-0.05, 0) is 54.9 Å². The van der Waals surface area contributed by atoms with E-state index in [4.69, 9.17) is 4.74 Å². The van der Waals surface area contributed by atoms with E-state index in [-0.39, 0.29) is 6.10 Å². The van der Waals surface area contributed by atoms with Gasteiger partial charge < -0.3 is 9.84 Å². The van der Waals surface area contributed by atoms with Gasteiger partial charge in [-0.25, -0.2) is 0 Å². The molecule has 0 heterocycles. The highest BCUT2D eigenvalue weighted by molar-refractivity contribution is 5.39. The molecule has 2 nitrogen and oxygen atoms in total. The van der Waals surface area contributed by atoms with Gasteiger partial charge in [0.25, 0.3) is 0 Å². The lowest BCUT2D eigenvalue weighted by atomic mass is 9.86. The summed E-state index contributed by atoms with van der Waals surface area (Å²) in [6.07, 6.45) is 5.60. The summed E-state index contributed by atoms with van der Waals surface area (Å²) in [5.41, 5.74) is 2.36. The maximum absolute atomic E-state index is 9.70. The SMILES string of the molecule is O[C@@H]1CCc2cc(OCC3CCC3)ccc21. The van der Waals surface area contributed by atoms with Crippen LogP contribution in [0.1, 0.15) is 42.9 Å². The van der Waals surface area contributed by atoms with Crippen molar-refractivity contribution in [1.82, 2.24) is 0 Å². The minimum absolute atomic E-state index is 0.254. The van der Waals surface area contributed by atoms with Crippen molar-refractivity contribution in [2.24, 2.45) is 5.92 Å². The van der Waals surface area contributed by atoms with Crippen LogP contribution in [0.2, 0.25) is 0 Å². The fraction of sp³-hybridized carbons (Fsp3) is 0.571. The van der Waals surface area contributed by atoms with Crippen molar-refractivity contribution in [3.8, 4) is 5.75 Å². The second kappa shape index (κ2) is 4.10. The molecule has 1 fully saturated rings. The second-order valence-corrected chi connectivity index (χ2v) is 5.02. The van der Waals surface area contributed by atoms with E-state index >= 15 is 0 Å². The van der Waals surface area contributed by atoms with Crippen LogP contribution < -0.4 is 4.74 Å². The first-order valence-corrected chi connectivity index (χ1v) is 6.26. The van der Waals surface area contributed by atoms with Gasteiger partial charge in [-0.1, -0.05) is 12.5 Å². The van der Waals surface area contributed by atoms with Crippen molar-refractivity contribution in [2.45, 2.75) is 38.2 Å². The number of benzene rings is 1. The van der Waals surface area contributed by atoms with E-state index in [2.05, 4.69) is 6.07 Å². The number of aliphatic hydroxyl groups is 1. The van der Waals surface area contributed by atoms with Crippen molar-refractivity contribution >= 4 is 0 Å². The Morgan fingerprint density at radius 3 is 2.88 bits per heavy atom. The predicted molar refractivity (Wildman–Crippen MR) is 62.6 cm³/mol. The average molecular weight is 218 g/mol. The molecule has 0 aromatic heterocycles. The first-order chi connectivity index (χ1) is 7.83. The fourth-order valence-corrected chi connectivity index (χ4v) is 2.53. The summed E-state index contributed by atoms with van der Waals surface area (Å²) in [6.45, 7) is 0.862. The highest BCUT2D eigenvalue weighted by Gasteiger charge is 2.21. The molecule has 3 rings (SSSR count). The summed E-state index contributed by atoms with van der Waals surface area (Å²) in [4.78, 5) is 0. The molecule has 0 amide bonds. The Bertz CT molecular complexity index is 382. The smallest absolute Gasteiger partial charge is 0.119 e. The van der Waals surface area contributed by atoms with Crippen molar-refractivity contribution in [3.05, 3.63) is 29.3 Å². The Labute approximate surface area is 96.2 Å². The topological polar surface area (TPSA) is 29.5 Å². The van der Waals surface area contributed by atoms with Gasteiger partial charge in [0.1, 0.15) is 5.75 Å². The fourth-order valence-electron chi connectivity index (χ4n) is 2.53. The molecule has 16 heavy (non-hydrogen) atoms. The van der Waals surface area contributed by atoms with Gasteiger partial charge in [0, 0.05) is 0 Å². The van der Waals surface area contributed by atoms with Crippen LogP contribution in [-0.4, -0.2) is 11.7 Å². The number of rotatable bonds is 3. The monoisotopic (exact) mass is 218 g/mol. The molecule has 0 radical (unpaired) electrons. The van der Waals surface area contributed by atoms with E-state index in [1.807, 2.05) is 12.1 Å². The summed E-state index contributed by atoms with van der Waals surface area (Å²) in [5.74, 6) is 1.75. The minimum Gasteiger partial charge on any atom is -0.493 e. The molecule has 1 saturated carbocycles. The zero-order valence-electron chi connectivity index (χ0n) is 9.48. The van der Waals surface area contributed by atoms with Gasteiger partial charge in [0.2, 0.25) is 0 Å². The summed E-state index contributed by atoms with van der Waals surface area (Å²) in [5, 5.41) is 9.70. The van der Waals surface area contributed by atoms with Gasteiger partial charge in [-0.15, -0.1) is 0 Å². The summed E-state index contributed by atoms with van der Waals surface area (Å²) in [6, 6.07) is 6.11. The lowest BCUT2D eigenvalue weighted by molar-refractivity contribution is 0.178. The van der Waals surface area contributed by atoms with Gasteiger partial charge in [-0.2, -0.15) is 0 Å². The lowest BCUT2D eigenvalue weighted by Gasteiger charge is -2.25. The van der Waals surface area contributed by atoms with E-state index in [1.165, 1.54) is 24.8 Å². The molecule has 0 aliphatic heterocycles. The van der Waals surface area contributed by atoms with E-state index in [0.29, 0.717) is 0 Å². The van der Waals surface area contributed by atoms with Crippen LogP contribution in [0.15, 0.2) is 18.2 Å². The van der Waals surface area contributed by atoms with E-state index < -0.39 is 0 Å². The number of fused-ring (bicyclic) bond motifs is 1. The van der Waals surface area contributed by atoms with Crippen molar-refractivity contribution in [1.29, 1.82) is 0 Å². The molecule has 0 unspecified atom stereocenters. The summed E-state index contributed by atoms with van der Waals surface area (Å²) < 4.78 is 5.79. The lowest BCUT2D eigenvalue weighted by Crippen LogP contribution is -2.19. The molecule has 0 saturated heterocycles. The zero-order valence-corrected chi connectivity index (χ0v) is 9.48. The van der Waals surface area contributed by atoms with Crippen LogP contribution in [0, 0.1) is 5.92 Å². The third-order valence-electron chi connectivity index (χ3n) is 3.87. The Balaban J connectivity index is 1.67. The molecule has 0 bridgehead atoms. The Kier molecular flexibility index (Phi) is 2.60. The highest BCUT2D eigenvalue weighted by Crippen LogP contribution is 2.34. The number of aryl methyl sites for hydroxylation is 1. The van der Waals surface area contributed by atoms with Crippen molar-refractivity contribution in [3.63, 3.8) is 0 Å². The van der Waals surface area contributed by atoms with Gasteiger partial charge >= 0.3 is 0 Å². The van der Waals surface area contributed by atoms with Crippen LogP contribution in [-0.2, 0) is 6.42 Å². The molecule has 1 aromatic carbocycles. The number of hydrogen-bond acceptors (Lipinski definition) is 2. The van der Waals surface area contributed by atoms with Crippen LogP contribution in [0.3, 0.4) is 0 Å². The normalized spacial score (nSPS) is 23.9. The Hall–Kier alpha value is -1.02. The van der Waals surface area contributed by atoms with E-state index in [1.54, 1.807) is 0 Å². The molecular formula is C14H18O2. The Morgan fingerprint density at radius 2 is 2.12 bits per heavy atom. The Morgan fingerprint density at radius 1 is 1.25 bits per heavy atom. The largest absolute Gasteiger partial charge is 0.493 e. The maximum atomic E-state index is 9.70. The molecule has 2 aliphatic carbocycles. The first kappa shape index (κ1) is 10.2. The maximum Gasteiger partial charge on any atom is 0.119 e. The standard InChI is InChI=1S/C14H18O2/c15-14-7-4-11-8-12(5-6-13(11)14)16-9-10-2-1-3-10/h5-6,8,10,14-15H,1-4,7,9H2/t14-/m1/s1. The molecule has 1 atom stereocenters. The number of aliphatic hydroxyl groups excluding tert-OH is 1. The number of ether oxygens (including phenoxy) is 1. The van der Waals surface area contributed by atoms with Crippen molar-refractivity contribution < 1.29 is 9.84 Å². The molecule has 86 valence electrons. The van der Waals surface area contributed by atoms with E-state index in [9.17, 15) is 5.11 Å². The van der Waals surface area contributed by atoms with E-state index in [0.717, 1.165) is 36.7 Å². The molecule has 2 aliphatic rings. The van der Waals surface area contributed by atoms with Crippen LogP contribution in [0.4, 0.5) is 0 Å². The van der Waals surface area contributed by atoms with Gasteiger partial charge in [-0.3, -0.25) is 0 Å². The molecule has 1 aromatic rings. The third-order valence-corrected chi connectivity index (χ3v) is 3.87. The minimum atomic E-state index is -0.254. The molecular weight excluding hydrogens is 200 g/mol.